The van der Waals surface area contributed by atoms with E-state index in [9.17, 15) is 10.1 Å². The molecule has 0 atom stereocenters. The molecule has 0 aromatic heterocycles. The smallest absolute Gasteiger partial charge is 0.269 e. The molecule has 0 heterocycles. The van der Waals surface area contributed by atoms with Gasteiger partial charge in [-0.3, -0.25) is 10.1 Å². The summed E-state index contributed by atoms with van der Waals surface area (Å²) in [5, 5.41) is 17.3. The van der Waals surface area contributed by atoms with Gasteiger partial charge in [-0.05, 0) is 24.0 Å². The van der Waals surface area contributed by atoms with Gasteiger partial charge in [0.2, 0.25) is 0 Å². The Hall–Kier alpha value is -2.89. The van der Waals surface area contributed by atoms with Crippen molar-refractivity contribution in [2.45, 2.75) is 26.3 Å². The summed E-state index contributed by atoms with van der Waals surface area (Å²) in [6, 6.07) is 16.8. The molecule has 0 saturated carbocycles. The van der Waals surface area contributed by atoms with E-state index >= 15 is 0 Å². The van der Waals surface area contributed by atoms with E-state index in [1.807, 2.05) is 18.2 Å². The Labute approximate surface area is 148 Å². The molecule has 0 unspecified atom stereocenters. The summed E-state index contributed by atoms with van der Waals surface area (Å²) in [6.07, 6.45) is 1.93. The van der Waals surface area contributed by atoms with Crippen molar-refractivity contribution >= 4 is 11.6 Å². The predicted molar refractivity (Wildman–Crippen MR) is 101 cm³/mol. The van der Waals surface area contributed by atoms with Crippen LogP contribution in [0, 0.1) is 10.1 Å². The first-order valence-corrected chi connectivity index (χ1v) is 8.48. The second kappa shape index (κ2) is 10.1. The maximum absolute atomic E-state index is 10.7. The summed E-state index contributed by atoms with van der Waals surface area (Å²) in [5.41, 5.74) is 2.31. The lowest BCUT2D eigenvalue weighted by Crippen LogP contribution is -2.38. The Kier molecular flexibility index (Phi) is 7.43. The number of nitro benzene ring substituents is 1. The SMILES string of the molecule is CCCNC(=NCc1ccc([N+](=O)[O-])cc1)NCCc1ccccc1. The van der Waals surface area contributed by atoms with Crippen LogP contribution in [-0.4, -0.2) is 24.0 Å². The molecule has 2 rings (SSSR count). The van der Waals surface area contributed by atoms with Gasteiger partial charge in [-0.2, -0.15) is 0 Å². The number of hydrogen-bond acceptors (Lipinski definition) is 3. The van der Waals surface area contributed by atoms with E-state index in [0.29, 0.717) is 6.54 Å². The maximum atomic E-state index is 10.7. The molecule has 0 bridgehead atoms. The van der Waals surface area contributed by atoms with Crippen molar-refractivity contribution in [1.82, 2.24) is 10.6 Å². The van der Waals surface area contributed by atoms with E-state index in [2.05, 4.69) is 34.7 Å². The van der Waals surface area contributed by atoms with Crippen molar-refractivity contribution in [2.24, 2.45) is 4.99 Å². The lowest BCUT2D eigenvalue weighted by atomic mass is 10.1. The van der Waals surface area contributed by atoms with Crippen LogP contribution >= 0.6 is 0 Å². The van der Waals surface area contributed by atoms with Crippen LogP contribution in [-0.2, 0) is 13.0 Å². The maximum Gasteiger partial charge on any atom is 0.269 e. The first kappa shape index (κ1) is 18.4. The largest absolute Gasteiger partial charge is 0.356 e. The monoisotopic (exact) mass is 340 g/mol. The zero-order valence-electron chi connectivity index (χ0n) is 14.4. The average molecular weight is 340 g/mol. The van der Waals surface area contributed by atoms with Crippen LogP contribution in [0.4, 0.5) is 5.69 Å². The third-order valence-corrected chi connectivity index (χ3v) is 3.66. The molecule has 0 fully saturated rings. The molecular weight excluding hydrogens is 316 g/mol. The molecule has 2 N–H and O–H groups in total. The van der Waals surface area contributed by atoms with E-state index in [1.54, 1.807) is 12.1 Å². The molecule has 0 radical (unpaired) electrons. The van der Waals surface area contributed by atoms with E-state index in [4.69, 9.17) is 0 Å². The second-order valence-electron chi connectivity index (χ2n) is 5.68. The number of benzene rings is 2. The highest BCUT2D eigenvalue weighted by Gasteiger charge is 2.04. The molecule has 0 aliphatic heterocycles. The van der Waals surface area contributed by atoms with Crippen LogP contribution in [0.25, 0.3) is 0 Å². The van der Waals surface area contributed by atoms with Crippen LogP contribution in [0.5, 0.6) is 0 Å². The van der Waals surface area contributed by atoms with Crippen molar-refractivity contribution in [3.63, 3.8) is 0 Å². The lowest BCUT2D eigenvalue weighted by molar-refractivity contribution is -0.384. The average Bonchev–Trinajstić information content (AvgIpc) is 2.64. The number of rotatable bonds is 8. The Balaban J connectivity index is 1.90. The molecule has 2 aromatic carbocycles. The molecule has 6 heteroatoms. The fraction of sp³-hybridized carbons (Fsp3) is 0.316. The fourth-order valence-corrected chi connectivity index (χ4v) is 2.28. The highest BCUT2D eigenvalue weighted by atomic mass is 16.6. The first-order chi connectivity index (χ1) is 12.2. The number of nitro groups is 1. The normalized spacial score (nSPS) is 11.2. The number of aliphatic imine (C=N–C) groups is 1. The van der Waals surface area contributed by atoms with Gasteiger partial charge >= 0.3 is 0 Å². The number of nitrogens with one attached hydrogen (secondary N) is 2. The van der Waals surface area contributed by atoms with E-state index < -0.39 is 4.92 Å². The van der Waals surface area contributed by atoms with E-state index in [1.165, 1.54) is 17.7 Å². The van der Waals surface area contributed by atoms with Crippen LogP contribution in [0.2, 0.25) is 0 Å². The topological polar surface area (TPSA) is 79.6 Å². The van der Waals surface area contributed by atoms with Crippen LogP contribution in [0.3, 0.4) is 0 Å². The summed E-state index contributed by atoms with van der Waals surface area (Å²) >= 11 is 0. The second-order valence-corrected chi connectivity index (χ2v) is 5.68. The molecule has 132 valence electrons. The van der Waals surface area contributed by atoms with Gasteiger partial charge in [-0.1, -0.05) is 49.4 Å². The van der Waals surface area contributed by atoms with E-state index in [-0.39, 0.29) is 5.69 Å². The van der Waals surface area contributed by atoms with Crippen LogP contribution in [0.15, 0.2) is 59.6 Å². The summed E-state index contributed by atoms with van der Waals surface area (Å²) < 4.78 is 0. The quantitative estimate of drug-likeness (QED) is 0.334. The standard InChI is InChI=1S/C19H24N4O2/c1-2-13-20-19(21-14-12-16-6-4-3-5-7-16)22-15-17-8-10-18(11-9-17)23(24)25/h3-11H,2,12-15H2,1H3,(H2,20,21,22). The Morgan fingerprint density at radius 1 is 1.00 bits per heavy atom. The molecule has 0 spiro atoms. The third kappa shape index (κ3) is 6.63. The Morgan fingerprint density at radius 3 is 2.32 bits per heavy atom. The zero-order valence-corrected chi connectivity index (χ0v) is 14.4. The van der Waals surface area contributed by atoms with Gasteiger partial charge < -0.3 is 10.6 Å². The van der Waals surface area contributed by atoms with Crippen molar-refractivity contribution in [2.75, 3.05) is 13.1 Å². The number of hydrogen-bond donors (Lipinski definition) is 2. The third-order valence-electron chi connectivity index (χ3n) is 3.66. The van der Waals surface area contributed by atoms with Crippen molar-refractivity contribution < 1.29 is 4.92 Å². The van der Waals surface area contributed by atoms with Gasteiger partial charge in [0.05, 0.1) is 11.5 Å². The van der Waals surface area contributed by atoms with Gasteiger partial charge in [0.15, 0.2) is 5.96 Å². The molecule has 0 aliphatic carbocycles. The highest BCUT2D eigenvalue weighted by molar-refractivity contribution is 5.79. The zero-order chi connectivity index (χ0) is 17.9. The van der Waals surface area contributed by atoms with E-state index in [0.717, 1.165) is 37.5 Å². The molecule has 25 heavy (non-hydrogen) atoms. The highest BCUT2D eigenvalue weighted by Crippen LogP contribution is 2.12. The molecular formula is C19H24N4O2. The molecule has 2 aromatic rings. The Morgan fingerprint density at radius 2 is 1.68 bits per heavy atom. The summed E-state index contributed by atoms with van der Waals surface area (Å²) in [7, 11) is 0. The van der Waals surface area contributed by atoms with Crippen molar-refractivity contribution in [1.29, 1.82) is 0 Å². The first-order valence-electron chi connectivity index (χ1n) is 8.48. The molecule has 6 nitrogen and oxygen atoms in total. The molecule has 0 amide bonds. The van der Waals surface area contributed by atoms with Gasteiger partial charge in [0.1, 0.15) is 0 Å². The van der Waals surface area contributed by atoms with Crippen LogP contribution < -0.4 is 10.6 Å². The number of nitrogens with zero attached hydrogens (tertiary/aromatic N) is 2. The summed E-state index contributed by atoms with van der Waals surface area (Å²) in [4.78, 5) is 14.9. The summed E-state index contributed by atoms with van der Waals surface area (Å²) in [5.74, 6) is 0.760. The minimum Gasteiger partial charge on any atom is -0.356 e. The molecule has 0 aliphatic rings. The number of non-ortho nitro benzene ring substituents is 1. The van der Waals surface area contributed by atoms with Gasteiger partial charge in [-0.15, -0.1) is 0 Å². The minimum absolute atomic E-state index is 0.0954. The minimum atomic E-state index is -0.396. The van der Waals surface area contributed by atoms with Gasteiger partial charge in [0.25, 0.3) is 5.69 Å². The lowest BCUT2D eigenvalue weighted by Gasteiger charge is -2.12. The van der Waals surface area contributed by atoms with Gasteiger partial charge in [-0.25, -0.2) is 4.99 Å². The summed E-state index contributed by atoms with van der Waals surface area (Å²) in [6.45, 7) is 4.21. The fourth-order valence-electron chi connectivity index (χ4n) is 2.28. The molecule has 0 saturated heterocycles. The van der Waals surface area contributed by atoms with Crippen molar-refractivity contribution in [3.05, 3.63) is 75.8 Å². The Bertz CT molecular complexity index is 684. The van der Waals surface area contributed by atoms with Crippen LogP contribution in [0.1, 0.15) is 24.5 Å². The van der Waals surface area contributed by atoms with Crippen molar-refractivity contribution in [3.8, 4) is 0 Å². The number of guanidine groups is 1. The predicted octanol–water partition coefficient (Wildman–Crippen LogP) is 3.28. The van der Waals surface area contributed by atoms with Gasteiger partial charge in [0, 0.05) is 25.2 Å².